The van der Waals surface area contributed by atoms with Crippen LogP contribution in [-0.2, 0) is 14.9 Å². The van der Waals surface area contributed by atoms with Gasteiger partial charge in [0.25, 0.3) is 5.91 Å². The van der Waals surface area contributed by atoms with Gasteiger partial charge in [0.05, 0.1) is 24.3 Å². The molecule has 1 aromatic carbocycles. The molecular formula is C24H27N3O3S2. The van der Waals surface area contributed by atoms with Gasteiger partial charge < -0.3 is 15.0 Å². The molecule has 0 radical (unpaired) electrons. The van der Waals surface area contributed by atoms with E-state index in [4.69, 9.17) is 4.74 Å². The first kappa shape index (κ1) is 22.6. The van der Waals surface area contributed by atoms with Crippen molar-refractivity contribution >= 4 is 39.6 Å². The minimum absolute atomic E-state index is 0.0793. The van der Waals surface area contributed by atoms with Crippen molar-refractivity contribution in [2.75, 3.05) is 25.6 Å². The molecule has 168 valence electrons. The molecule has 6 nitrogen and oxygen atoms in total. The van der Waals surface area contributed by atoms with E-state index in [-0.39, 0.29) is 17.2 Å². The first-order chi connectivity index (χ1) is 15.3. The summed E-state index contributed by atoms with van der Waals surface area (Å²) in [6, 6.07) is 10.9. The summed E-state index contributed by atoms with van der Waals surface area (Å²) in [6.07, 6.45) is 0. The maximum Gasteiger partial charge on any atom is 0.254 e. The van der Waals surface area contributed by atoms with E-state index in [2.05, 4.69) is 31.1 Å². The number of hydrogen-bond donors (Lipinski definition) is 1. The molecule has 3 heterocycles. The minimum atomic E-state index is -0.554. The summed E-state index contributed by atoms with van der Waals surface area (Å²) in [4.78, 5) is 34.5. The zero-order valence-corrected chi connectivity index (χ0v) is 20.3. The maximum absolute atomic E-state index is 13.7. The van der Waals surface area contributed by atoms with Crippen LogP contribution >= 0.6 is 22.7 Å². The number of carbonyl (C=O) groups is 2. The van der Waals surface area contributed by atoms with Gasteiger partial charge in [-0.1, -0.05) is 45.0 Å². The Morgan fingerprint density at radius 3 is 2.62 bits per heavy atom. The molecule has 1 aliphatic heterocycles. The van der Waals surface area contributed by atoms with Gasteiger partial charge in [0.1, 0.15) is 0 Å². The molecule has 0 saturated carbocycles. The van der Waals surface area contributed by atoms with E-state index >= 15 is 0 Å². The van der Waals surface area contributed by atoms with Crippen LogP contribution in [0, 0.1) is 0 Å². The number of fused-ring (bicyclic) bond motifs is 1. The van der Waals surface area contributed by atoms with Crippen LogP contribution in [0.25, 0.3) is 0 Å². The SMILES string of the molecule is COCCN1C(=O)c2ccccc2C(C(=O)Nc2nc(C(C)(C)C)cs2)C1c1cccs1. The average molecular weight is 470 g/mol. The first-order valence-electron chi connectivity index (χ1n) is 10.5. The monoisotopic (exact) mass is 469 g/mol. The number of amides is 2. The van der Waals surface area contributed by atoms with Gasteiger partial charge in [-0.2, -0.15) is 0 Å². The van der Waals surface area contributed by atoms with Crippen LogP contribution in [0.1, 0.15) is 59.2 Å². The van der Waals surface area contributed by atoms with Gasteiger partial charge in [0.15, 0.2) is 5.13 Å². The van der Waals surface area contributed by atoms with E-state index in [9.17, 15) is 9.59 Å². The number of hydrogen-bond acceptors (Lipinski definition) is 6. The fourth-order valence-corrected chi connectivity index (χ4v) is 5.76. The fourth-order valence-electron chi connectivity index (χ4n) is 3.95. The minimum Gasteiger partial charge on any atom is -0.383 e. The average Bonchev–Trinajstić information content (AvgIpc) is 3.45. The number of thiophene rings is 1. The second kappa shape index (κ2) is 9.13. The third-order valence-electron chi connectivity index (χ3n) is 5.59. The van der Waals surface area contributed by atoms with Crippen molar-refractivity contribution in [1.82, 2.24) is 9.88 Å². The van der Waals surface area contributed by atoms with Crippen LogP contribution in [0.15, 0.2) is 47.2 Å². The number of nitrogens with zero attached hydrogens (tertiary/aromatic N) is 2. The highest BCUT2D eigenvalue weighted by Crippen LogP contribution is 2.44. The summed E-state index contributed by atoms with van der Waals surface area (Å²) in [5, 5.41) is 7.56. The summed E-state index contributed by atoms with van der Waals surface area (Å²) in [6.45, 7) is 7.08. The Morgan fingerprint density at radius 2 is 1.97 bits per heavy atom. The first-order valence-corrected chi connectivity index (χ1v) is 12.3. The van der Waals surface area contributed by atoms with Crippen LogP contribution in [0.2, 0.25) is 0 Å². The highest BCUT2D eigenvalue weighted by atomic mass is 32.1. The molecule has 1 aliphatic rings. The Balaban J connectivity index is 1.75. The van der Waals surface area contributed by atoms with Crippen LogP contribution < -0.4 is 5.32 Å². The van der Waals surface area contributed by atoms with Crippen LogP contribution in [0.4, 0.5) is 5.13 Å². The molecule has 2 aromatic heterocycles. The van der Waals surface area contributed by atoms with Crippen molar-refractivity contribution in [3.8, 4) is 0 Å². The molecule has 32 heavy (non-hydrogen) atoms. The lowest BCUT2D eigenvalue weighted by Crippen LogP contribution is -2.47. The molecule has 3 aromatic rings. The Hall–Kier alpha value is -2.55. The Kier molecular flexibility index (Phi) is 6.46. The number of ether oxygens (including phenoxy) is 1. The highest BCUT2D eigenvalue weighted by molar-refractivity contribution is 7.14. The van der Waals surface area contributed by atoms with Gasteiger partial charge in [0, 0.05) is 34.9 Å². The van der Waals surface area contributed by atoms with Crippen LogP contribution in [-0.4, -0.2) is 42.0 Å². The predicted molar refractivity (Wildman–Crippen MR) is 129 cm³/mol. The highest BCUT2D eigenvalue weighted by Gasteiger charge is 2.44. The third kappa shape index (κ3) is 4.35. The molecule has 0 fully saturated rings. The number of methoxy groups -OCH3 is 1. The second-order valence-corrected chi connectivity index (χ2v) is 10.6. The van der Waals surface area contributed by atoms with Gasteiger partial charge in [-0.3, -0.25) is 9.59 Å². The molecule has 0 spiro atoms. The van der Waals surface area contributed by atoms with Gasteiger partial charge in [-0.15, -0.1) is 22.7 Å². The van der Waals surface area contributed by atoms with Crippen molar-refractivity contribution in [3.05, 3.63) is 68.9 Å². The summed E-state index contributed by atoms with van der Waals surface area (Å²) < 4.78 is 5.27. The van der Waals surface area contributed by atoms with E-state index in [1.54, 1.807) is 29.4 Å². The van der Waals surface area contributed by atoms with E-state index in [1.165, 1.54) is 11.3 Å². The lowest BCUT2D eigenvalue weighted by Gasteiger charge is -2.41. The molecule has 0 aliphatic carbocycles. The van der Waals surface area contributed by atoms with Crippen molar-refractivity contribution < 1.29 is 14.3 Å². The number of thiazole rings is 1. The second-order valence-electron chi connectivity index (χ2n) is 8.79. The van der Waals surface area contributed by atoms with Crippen molar-refractivity contribution in [2.45, 2.75) is 38.1 Å². The quantitative estimate of drug-likeness (QED) is 0.547. The van der Waals surface area contributed by atoms with E-state index in [0.717, 1.165) is 16.1 Å². The Labute approximate surface area is 196 Å². The summed E-state index contributed by atoms with van der Waals surface area (Å²) in [5.41, 5.74) is 2.15. The van der Waals surface area contributed by atoms with E-state index in [1.807, 2.05) is 41.1 Å². The largest absolute Gasteiger partial charge is 0.383 e. The molecule has 0 bridgehead atoms. The van der Waals surface area contributed by atoms with Crippen LogP contribution in [0.5, 0.6) is 0 Å². The lowest BCUT2D eigenvalue weighted by atomic mass is 9.81. The third-order valence-corrected chi connectivity index (χ3v) is 7.30. The van der Waals surface area contributed by atoms with Gasteiger partial charge >= 0.3 is 0 Å². The van der Waals surface area contributed by atoms with Crippen LogP contribution in [0.3, 0.4) is 0 Å². The standard InChI is InChI=1S/C24H27N3O3S2/c1-24(2,3)18-14-32-23(25-18)26-21(28)19-15-8-5-6-9-16(15)22(29)27(11-12-30-4)20(19)17-10-7-13-31-17/h5-10,13-14,19-20H,11-12H2,1-4H3,(H,25,26,28). The van der Waals surface area contributed by atoms with Gasteiger partial charge in [-0.25, -0.2) is 4.98 Å². The molecule has 2 amide bonds. The molecule has 4 rings (SSSR count). The summed E-state index contributed by atoms with van der Waals surface area (Å²) in [5.74, 6) is -0.800. The zero-order chi connectivity index (χ0) is 22.9. The topological polar surface area (TPSA) is 71.5 Å². The number of rotatable bonds is 6. The number of anilines is 1. The summed E-state index contributed by atoms with van der Waals surface area (Å²) in [7, 11) is 1.61. The predicted octanol–water partition coefficient (Wildman–Crippen LogP) is 5.07. The number of nitrogens with one attached hydrogen (secondary N) is 1. The van der Waals surface area contributed by atoms with Gasteiger partial charge in [0.2, 0.25) is 5.91 Å². The molecule has 2 atom stereocenters. The lowest BCUT2D eigenvalue weighted by molar-refractivity contribution is -0.119. The maximum atomic E-state index is 13.7. The fraction of sp³-hybridized carbons (Fsp3) is 0.375. The normalized spacial score (nSPS) is 18.5. The molecule has 2 unspecified atom stereocenters. The number of carbonyl (C=O) groups excluding carboxylic acids is 2. The Morgan fingerprint density at radius 1 is 1.19 bits per heavy atom. The molecule has 0 saturated heterocycles. The number of benzene rings is 1. The Bertz CT molecular complexity index is 1100. The van der Waals surface area contributed by atoms with Crippen molar-refractivity contribution in [2.24, 2.45) is 0 Å². The van der Waals surface area contributed by atoms with E-state index < -0.39 is 12.0 Å². The molecular weight excluding hydrogens is 442 g/mol. The van der Waals surface area contributed by atoms with Crippen molar-refractivity contribution in [3.63, 3.8) is 0 Å². The molecule has 1 N–H and O–H groups in total. The zero-order valence-electron chi connectivity index (χ0n) is 18.6. The summed E-state index contributed by atoms with van der Waals surface area (Å²) >= 11 is 2.97. The van der Waals surface area contributed by atoms with Crippen molar-refractivity contribution in [1.29, 1.82) is 0 Å². The van der Waals surface area contributed by atoms with E-state index in [0.29, 0.717) is 23.8 Å². The number of aromatic nitrogens is 1. The van der Waals surface area contributed by atoms with Gasteiger partial charge in [-0.05, 0) is 23.1 Å². The smallest absolute Gasteiger partial charge is 0.254 e. The molecule has 8 heteroatoms.